The largest absolute Gasteiger partial charge is 0.493 e. The van der Waals surface area contributed by atoms with E-state index in [4.69, 9.17) is 4.74 Å². The summed E-state index contributed by atoms with van der Waals surface area (Å²) in [7, 11) is 0. The van der Waals surface area contributed by atoms with Crippen molar-refractivity contribution in [2.75, 3.05) is 11.9 Å². The van der Waals surface area contributed by atoms with E-state index in [0.717, 1.165) is 28.9 Å². The van der Waals surface area contributed by atoms with Gasteiger partial charge in [0.2, 0.25) is 0 Å². The fraction of sp³-hybridized carbons (Fsp3) is 0.143. The third-order valence-electron chi connectivity index (χ3n) is 3.75. The Morgan fingerprint density at radius 3 is 2.38 bits per heavy atom. The van der Waals surface area contributed by atoms with Crippen molar-refractivity contribution in [1.29, 1.82) is 0 Å². The van der Waals surface area contributed by atoms with E-state index in [-0.39, 0.29) is 0 Å². The number of anilines is 1. The predicted molar refractivity (Wildman–Crippen MR) is 104 cm³/mol. The Morgan fingerprint density at radius 1 is 0.792 bits per heavy atom. The molecule has 0 saturated heterocycles. The third-order valence-corrected chi connectivity index (χ3v) is 4.27. The van der Waals surface area contributed by atoms with Gasteiger partial charge in [0.25, 0.3) is 0 Å². The van der Waals surface area contributed by atoms with Crippen molar-refractivity contribution >= 4 is 21.6 Å². The normalized spacial score (nSPS) is 10.4. The Kier molecular flexibility index (Phi) is 5.91. The van der Waals surface area contributed by atoms with Crippen molar-refractivity contribution in [2.45, 2.75) is 13.0 Å². The molecule has 0 radical (unpaired) electrons. The van der Waals surface area contributed by atoms with E-state index in [2.05, 4.69) is 75.8 Å². The van der Waals surface area contributed by atoms with Gasteiger partial charge >= 0.3 is 0 Å². The van der Waals surface area contributed by atoms with Crippen molar-refractivity contribution in [3.8, 4) is 5.75 Å². The summed E-state index contributed by atoms with van der Waals surface area (Å²) >= 11 is 3.45. The van der Waals surface area contributed by atoms with Gasteiger partial charge in [0.05, 0.1) is 6.61 Å². The Morgan fingerprint density at radius 2 is 1.58 bits per heavy atom. The fourth-order valence-electron chi connectivity index (χ4n) is 2.43. The third kappa shape index (κ3) is 5.14. The lowest BCUT2D eigenvalue weighted by atomic mass is 10.2. The van der Waals surface area contributed by atoms with Gasteiger partial charge in [-0.2, -0.15) is 0 Å². The van der Waals surface area contributed by atoms with E-state index in [1.807, 2.05) is 24.3 Å². The van der Waals surface area contributed by atoms with Crippen LogP contribution in [0.25, 0.3) is 0 Å². The highest BCUT2D eigenvalue weighted by atomic mass is 79.9. The van der Waals surface area contributed by atoms with Crippen LogP contribution in [0.15, 0.2) is 83.3 Å². The second-order valence-corrected chi connectivity index (χ2v) is 6.51. The molecule has 2 nitrogen and oxygen atoms in total. The lowest BCUT2D eigenvalue weighted by Crippen LogP contribution is -2.02. The quantitative estimate of drug-likeness (QED) is 0.567. The van der Waals surface area contributed by atoms with Crippen LogP contribution in [0.5, 0.6) is 5.75 Å². The standard InChI is InChI=1S/C21H20BrNO/c22-19-11-9-17(10-12-19)13-14-24-21-8-4-7-20(15-21)23-16-18-5-2-1-3-6-18/h1-12,15,23H,13-14,16H2. The molecule has 0 unspecified atom stereocenters. The van der Waals surface area contributed by atoms with E-state index in [9.17, 15) is 0 Å². The first-order chi connectivity index (χ1) is 11.8. The maximum absolute atomic E-state index is 5.88. The van der Waals surface area contributed by atoms with Crippen molar-refractivity contribution in [3.63, 3.8) is 0 Å². The van der Waals surface area contributed by atoms with Gasteiger partial charge in [-0.3, -0.25) is 0 Å². The van der Waals surface area contributed by atoms with Gasteiger partial charge in [-0.05, 0) is 35.4 Å². The Bertz CT molecular complexity index is 756. The summed E-state index contributed by atoms with van der Waals surface area (Å²) in [5.74, 6) is 0.894. The van der Waals surface area contributed by atoms with Gasteiger partial charge in [0.1, 0.15) is 5.75 Å². The first-order valence-corrected chi connectivity index (χ1v) is 8.84. The summed E-state index contributed by atoms with van der Waals surface area (Å²) in [5, 5.41) is 3.43. The molecule has 0 atom stereocenters. The molecule has 0 saturated carbocycles. The highest BCUT2D eigenvalue weighted by Crippen LogP contribution is 2.19. The SMILES string of the molecule is Brc1ccc(CCOc2cccc(NCc3ccccc3)c2)cc1. The van der Waals surface area contributed by atoms with Crippen LogP contribution in [-0.2, 0) is 13.0 Å². The molecule has 1 N–H and O–H groups in total. The van der Waals surface area contributed by atoms with Crippen molar-refractivity contribution in [3.05, 3.63) is 94.5 Å². The minimum absolute atomic E-state index is 0.670. The van der Waals surface area contributed by atoms with Crippen LogP contribution in [0.2, 0.25) is 0 Å². The number of ether oxygens (including phenoxy) is 1. The molecule has 0 aliphatic carbocycles. The molecule has 24 heavy (non-hydrogen) atoms. The van der Waals surface area contributed by atoms with Crippen LogP contribution in [0, 0.1) is 0 Å². The summed E-state index contributed by atoms with van der Waals surface area (Å²) in [4.78, 5) is 0. The van der Waals surface area contributed by atoms with Crippen molar-refractivity contribution in [2.24, 2.45) is 0 Å². The fourth-order valence-corrected chi connectivity index (χ4v) is 2.70. The average Bonchev–Trinajstić information content (AvgIpc) is 2.63. The molecular formula is C21H20BrNO. The molecule has 0 aliphatic rings. The van der Waals surface area contributed by atoms with Gasteiger partial charge in [-0.1, -0.05) is 64.5 Å². The number of halogens is 1. The highest BCUT2D eigenvalue weighted by Gasteiger charge is 1.99. The highest BCUT2D eigenvalue weighted by molar-refractivity contribution is 9.10. The topological polar surface area (TPSA) is 21.3 Å². The van der Waals surface area contributed by atoms with Crippen LogP contribution in [0.3, 0.4) is 0 Å². The van der Waals surface area contributed by atoms with E-state index in [0.29, 0.717) is 6.61 Å². The van der Waals surface area contributed by atoms with E-state index < -0.39 is 0 Å². The summed E-state index contributed by atoms with van der Waals surface area (Å²) in [5.41, 5.74) is 3.61. The Balaban J connectivity index is 1.50. The zero-order valence-corrected chi connectivity index (χ0v) is 15.0. The molecule has 0 aliphatic heterocycles. The number of benzene rings is 3. The minimum Gasteiger partial charge on any atom is -0.493 e. The molecule has 122 valence electrons. The lowest BCUT2D eigenvalue weighted by molar-refractivity contribution is 0.322. The van der Waals surface area contributed by atoms with Crippen molar-refractivity contribution < 1.29 is 4.74 Å². The Hall–Kier alpha value is -2.26. The number of hydrogen-bond donors (Lipinski definition) is 1. The van der Waals surface area contributed by atoms with Crippen LogP contribution in [0.4, 0.5) is 5.69 Å². The molecule has 0 heterocycles. The second kappa shape index (κ2) is 8.55. The molecular weight excluding hydrogens is 362 g/mol. The smallest absolute Gasteiger partial charge is 0.121 e. The maximum Gasteiger partial charge on any atom is 0.121 e. The van der Waals surface area contributed by atoms with Crippen molar-refractivity contribution in [1.82, 2.24) is 0 Å². The summed E-state index contributed by atoms with van der Waals surface area (Å²) in [6.07, 6.45) is 0.898. The number of nitrogens with one attached hydrogen (secondary N) is 1. The van der Waals surface area contributed by atoms with E-state index in [1.54, 1.807) is 0 Å². The number of hydrogen-bond acceptors (Lipinski definition) is 2. The van der Waals surface area contributed by atoms with Gasteiger partial charge in [0, 0.05) is 29.2 Å². The van der Waals surface area contributed by atoms with Gasteiger partial charge < -0.3 is 10.1 Å². The van der Waals surface area contributed by atoms with Gasteiger partial charge in [-0.25, -0.2) is 0 Å². The zero-order chi connectivity index (χ0) is 16.6. The molecule has 0 aromatic heterocycles. The van der Waals surface area contributed by atoms with E-state index in [1.165, 1.54) is 11.1 Å². The molecule has 3 rings (SSSR count). The lowest BCUT2D eigenvalue weighted by Gasteiger charge is -2.10. The van der Waals surface area contributed by atoms with Gasteiger partial charge in [0.15, 0.2) is 0 Å². The van der Waals surface area contributed by atoms with E-state index >= 15 is 0 Å². The van der Waals surface area contributed by atoms with Crippen LogP contribution in [-0.4, -0.2) is 6.61 Å². The molecule has 3 heteroatoms. The first kappa shape index (κ1) is 16.6. The zero-order valence-electron chi connectivity index (χ0n) is 13.4. The molecule has 0 spiro atoms. The van der Waals surface area contributed by atoms with Crippen LogP contribution >= 0.6 is 15.9 Å². The minimum atomic E-state index is 0.670. The molecule has 3 aromatic carbocycles. The monoisotopic (exact) mass is 381 g/mol. The molecule has 0 fully saturated rings. The molecule has 0 bridgehead atoms. The number of rotatable bonds is 7. The summed E-state index contributed by atoms with van der Waals surface area (Å²) in [6.45, 7) is 1.48. The van der Waals surface area contributed by atoms with Crippen LogP contribution in [0.1, 0.15) is 11.1 Å². The molecule has 3 aromatic rings. The predicted octanol–water partition coefficient (Wildman–Crippen LogP) is 5.68. The molecule has 0 amide bonds. The average molecular weight is 382 g/mol. The first-order valence-electron chi connectivity index (χ1n) is 8.05. The maximum atomic E-state index is 5.88. The Labute approximate surface area is 151 Å². The summed E-state index contributed by atoms with van der Waals surface area (Å²) < 4.78 is 6.98. The van der Waals surface area contributed by atoms with Crippen LogP contribution < -0.4 is 10.1 Å². The summed E-state index contributed by atoms with van der Waals surface area (Å²) in [6, 6.07) is 26.8. The second-order valence-electron chi connectivity index (χ2n) is 5.59. The van der Waals surface area contributed by atoms with Gasteiger partial charge in [-0.15, -0.1) is 0 Å².